The Hall–Kier alpha value is -3.44. The lowest BCUT2D eigenvalue weighted by Crippen LogP contribution is -2.40. The van der Waals surface area contributed by atoms with Crippen LogP contribution in [0.5, 0.6) is 0 Å². The second kappa shape index (κ2) is 7.89. The highest BCUT2D eigenvalue weighted by Gasteiger charge is 2.16. The van der Waals surface area contributed by atoms with Gasteiger partial charge >= 0.3 is 5.69 Å². The van der Waals surface area contributed by atoms with Crippen molar-refractivity contribution in [1.29, 1.82) is 0 Å². The molecule has 4 aromatic rings. The molecule has 0 aliphatic rings. The number of halogens is 1. The highest BCUT2D eigenvalue weighted by atomic mass is 35.5. The van der Waals surface area contributed by atoms with Crippen molar-refractivity contribution in [3.8, 4) is 5.69 Å². The van der Waals surface area contributed by atoms with Gasteiger partial charge in [-0.3, -0.25) is 14.2 Å². The van der Waals surface area contributed by atoms with Gasteiger partial charge in [0.2, 0.25) is 0 Å². The molecule has 0 radical (unpaired) electrons. The minimum absolute atomic E-state index is 0.140. The number of carbonyl (C=O) groups excluding carboxylic acids is 1. The monoisotopic (exact) mass is 404 g/mol. The lowest BCUT2D eigenvalue weighted by Gasteiger charge is -2.14. The van der Waals surface area contributed by atoms with Gasteiger partial charge in [0.05, 0.1) is 23.1 Å². The molecule has 0 aliphatic heterocycles. The van der Waals surface area contributed by atoms with Crippen molar-refractivity contribution in [3.05, 3.63) is 110 Å². The number of rotatable bonds is 5. The molecule has 1 aromatic heterocycles. The molecule has 5 nitrogen and oxygen atoms in total. The van der Waals surface area contributed by atoms with E-state index in [4.69, 9.17) is 11.6 Å². The topological polar surface area (TPSA) is 61.1 Å². The number of nitrogens with zero attached hydrogens (tertiary/aromatic N) is 2. The molecule has 29 heavy (non-hydrogen) atoms. The van der Waals surface area contributed by atoms with Gasteiger partial charge in [-0.05, 0) is 42.0 Å². The van der Waals surface area contributed by atoms with Gasteiger partial charge in [-0.1, -0.05) is 54.1 Å². The first-order chi connectivity index (χ1) is 14.0. The van der Waals surface area contributed by atoms with E-state index in [9.17, 15) is 14.4 Å². The number of carbonyl (C=O) groups is 1. The van der Waals surface area contributed by atoms with E-state index in [-0.39, 0.29) is 18.7 Å². The van der Waals surface area contributed by atoms with E-state index < -0.39 is 11.2 Å². The summed E-state index contributed by atoms with van der Waals surface area (Å²) in [6, 6.07) is 22.6. The van der Waals surface area contributed by atoms with Crippen molar-refractivity contribution >= 4 is 28.3 Å². The van der Waals surface area contributed by atoms with Gasteiger partial charge in [0.15, 0.2) is 5.78 Å². The summed E-state index contributed by atoms with van der Waals surface area (Å²) in [7, 11) is 0. The summed E-state index contributed by atoms with van der Waals surface area (Å²) in [5, 5.41) is 0.932. The molecule has 0 amide bonds. The van der Waals surface area contributed by atoms with Gasteiger partial charge in [0, 0.05) is 11.4 Å². The number of para-hydroxylation sites is 2. The molecule has 0 fully saturated rings. The highest BCUT2D eigenvalue weighted by Crippen LogP contribution is 2.13. The second-order valence-corrected chi connectivity index (χ2v) is 7.14. The quantitative estimate of drug-likeness (QED) is 0.510. The minimum atomic E-state index is -0.542. The fourth-order valence-electron chi connectivity index (χ4n) is 3.39. The summed E-state index contributed by atoms with van der Waals surface area (Å²) in [4.78, 5) is 38.9. The van der Waals surface area contributed by atoms with Crippen LogP contribution in [-0.4, -0.2) is 14.9 Å². The number of fused-ring (bicyclic) bond motifs is 1. The summed E-state index contributed by atoms with van der Waals surface area (Å²) in [5.74, 6) is -0.155. The molecule has 0 saturated heterocycles. The molecule has 0 N–H and O–H groups in total. The molecular weight excluding hydrogens is 388 g/mol. The molecule has 0 spiro atoms. The number of ketones is 1. The molecular formula is C23H17ClN2O3. The molecule has 0 unspecified atom stereocenters. The van der Waals surface area contributed by atoms with Gasteiger partial charge in [0.1, 0.15) is 0 Å². The Morgan fingerprint density at radius 1 is 0.862 bits per heavy atom. The Balaban J connectivity index is 1.82. The predicted octanol–water partition coefficient (Wildman–Crippen LogP) is 3.62. The Bertz CT molecular complexity index is 1320. The maximum absolute atomic E-state index is 13.2. The maximum atomic E-state index is 13.2. The Labute approximate surface area is 171 Å². The summed E-state index contributed by atoms with van der Waals surface area (Å²) in [6.07, 6.45) is 0.145. The first kappa shape index (κ1) is 18.9. The normalized spacial score (nSPS) is 10.9. The number of hydrogen-bond donors (Lipinski definition) is 0. The van der Waals surface area contributed by atoms with Gasteiger partial charge in [0.25, 0.3) is 5.56 Å². The van der Waals surface area contributed by atoms with Crippen molar-refractivity contribution in [1.82, 2.24) is 9.13 Å². The van der Waals surface area contributed by atoms with Crippen LogP contribution < -0.4 is 11.2 Å². The first-order valence-corrected chi connectivity index (χ1v) is 9.48. The average molecular weight is 405 g/mol. The van der Waals surface area contributed by atoms with Gasteiger partial charge < -0.3 is 0 Å². The lowest BCUT2D eigenvalue weighted by molar-refractivity contribution is -0.119. The lowest BCUT2D eigenvalue weighted by atomic mass is 10.1. The fraction of sp³-hybridized carbons (Fsp3) is 0.0870. The van der Waals surface area contributed by atoms with Crippen LogP contribution in [0.1, 0.15) is 5.56 Å². The predicted molar refractivity (Wildman–Crippen MR) is 114 cm³/mol. The zero-order valence-corrected chi connectivity index (χ0v) is 16.2. The Morgan fingerprint density at radius 3 is 2.34 bits per heavy atom. The van der Waals surface area contributed by atoms with Crippen LogP contribution in [-0.2, 0) is 17.8 Å². The molecule has 4 rings (SSSR count). The van der Waals surface area contributed by atoms with E-state index in [1.807, 2.05) is 12.1 Å². The summed E-state index contributed by atoms with van der Waals surface area (Å²) < 4.78 is 2.46. The van der Waals surface area contributed by atoms with E-state index in [1.54, 1.807) is 66.7 Å². The van der Waals surface area contributed by atoms with Crippen molar-refractivity contribution in [3.63, 3.8) is 0 Å². The van der Waals surface area contributed by atoms with Crippen LogP contribution in [0, 0.1) is 0 Å². The number of aromatic nitrogens is 2. The third-order valence-corrected chi connectivity index (χ3v) is 4.92. The summed E-state index contributed by atoms with van der Waals surface area (Å²) in [5.41, 5.74) is 0.726. The van der Waals surface area contributed by atoms with Gasteiger partial charge in [-0.15, -0.1) is 0 Å². The molecule has 0 aliphatic carbocycles. The smallest absolute Gasteiger partial charge is 0.297 e. The molecule has 3 aromatic carbocycles. The number of hydrogen-bond acceptors (Lipinski definition) is 3. The Morgan fingerprint density at radius 2 is 1.59 bits per heavy atom. The number of benzene rings is 3. The largest absolute Gasteiger partial charge is 0.336 e. The van der Waals surface area contributed by atoms with Crippen molar-refractivity contribution in [2.75, 3.05) is 0 Å². The molecule has 0 atom stereocenters. The van der Waals surface area contributed by atoms with Crippen molar-refractivity contribution in [2.24, 2.45) is 0 Å². The van der Waals surface area contributed by atoms with Crippen LogP contribution in [0.2, 0.25) is 5.02 Å². The van der Waals surface area contributed by atoms with Crippen molar-refractivity contribution in [2.45, 2.75) is 13.0 Å². The average Bonchev–Trinajstić information content (AvgIpc) is 2.72. The van der Waals surface area contributed by atoms with Crippen LogP contribution in [0.3, 0.4) is 0 Å². The van der Waals surface area contributed by atoms with Crippen molar-refractivity contribution < 1.29 is 4.79 Å². The number of Topliss-reactive ketones (excluding diaryl/α,β-unsaturated/α-hetero) is 1. The SMILES string of the molecule is O=C(Cc1cccc(Cl)c1)Cn1c(=O)n(-c2ccccc2)c(=O)c2ccccc21. The molecule has 0 saturated carbocycles. The van der Waals surface area contributed by atoms with E-state index >= 15 is 0 Å². The van der Waals surface area contributed by atoms with E-state index in [1.165, 1.54) is 4.57 Å². The van der Waals surface area contributed by atoms with Crippen LogP contribution in [0.4, 0.5) is 0 Å². The maximum Gasteiger partial charge on any atom is 0.336 e. The Kier molecular flexibility index (Phi) is 5.14. The van der Waals surface area contributed by atoms with Gasteiger partial charge in [-0.25, -0.2) is 9.36 Å². The van der Waals surface area contributed by atoms with Crippen LogP contribution in [0.25, 0.3) is 16.6 Å². The van der Waals surface area contributed by atoms with Gasteiger partial charge in [-0.2, -0.15) is 0 Å². The zero-order chi connectivity index (χ0) is 20.4. The van der Waals surface area contributed by atoms with E-state index in [2.05, 4.69) is 0 Å². The highest BCUT2D eigenvalue weighted by molar-refractivity contribution is 6.30. The zero-order valence-electron chi connectivity index (χ0n) is 15.4. The summed E-state index contributed by atoms with van der Waals surface area (Å²) in [6.45, 7) is -0.140. The fourth-order valence-corrected chi connectivity index (χ4v) is 3.60. The van der Waals surface area contributed by atoms with E-state index in [0.717, 1.165) is 10.1 Å². The third kappa shape index (κ3) is 3.77. The standard InChI is InChI=1S/C23H17ClN2O3/c24-17-8-6-7-16(13-17)14-19(27)15-25-21-12-5-4-11-20(21)22(28)26(23(25)29)18-9-2-1-3-10-18/h1-13H,14-15H2. The van der Waals surface area contributed by atoms with Crippen LogP contribution in [0.15, 0.2) is 88.5 Å². The third-order valence-electron chi connectivity index (χ3n) is 4.69. The minimum Gasteiger partial charge on any atom is -0.297 e. The molecule has 6 heteroatoms. The molecule has 1 heterocycles. The van der Waals surface area contributed by atoms with E-state index in [0.29, 0.717) is 21.6 Å². The molecule has 0 bridgehead atoms. The first-order valence-electron chi connectivity index (χ1n) is 9.11. The molecule has 144 valence electrons. The summed E-state index contributed by atoms with van der Waals surface area (Å²) >= 11 is 5.99. The second-order valence-electron chi connectivity index (χ2n) is 6.71. The van der Waals surface area contributed by atoms with Crippen LogP contribution >= 0.6 is 11.6 Å².